The first-order valence-corrected chi connectivity index (χ1v) is 5.40. The highest BCUT2D eigenvalue weighted by Gasteiger charge is 2.09. The molecule has 0 aromatic rings. The predicted molar refractivity (Wildman–Crippen MR) is 60.0 cm³/mol. The van der Waals surface area contributed by atoms with Crippen LogP contribution in [0.15, 0.2) is 12.2 Å². The third-order valence-electron chi connectivity index (χ3n) is 2.43. The Bertz CT molecular complexity index is 228. The highest BCUT2D eigenvalue weighted by molar-refractivity contribution is 5.89. The van der Waals surface area contributed by atoms with Crippen molar-refractivity contribution in [3.63, 3.8) is 0 Å². The van der Waals surface area contributed by atoms with Crippen LogP contribution in [-0.2, 0) is 9.59 Å². The van der Waals surface area contributed by atoms with Crippen LogP contribution in [0.1, 0.15) is 32.1 Å². The second-order valence-electron chi connectivity index (χ2n) is 3.75. The molecule has 4 N–H and O–H groups in total. The zero-order chi connectivity index (χ0) is 12.4. The summed E-state index contributed by atoms with van der Waals surface area (Å²) in [4.78, 5) is 19.1. The minimum atomic E-state index is -1.26. The molecule has 1 rings (SSSR count). The third-order valence-corrected chi connectivity index (χ3v) is 2.43. The van der Waals surface area contributed by atoms with Crippen LogP contribution in [0.5, 0.6) is 0 Å². The van der Waals surface area contributed by atoms with Crippen LogP contribution in [0.3, 0.4) is 0 Å². The Morgan fingerprint density at radius 3 is 1.75 bits per heavy atom. The van der Waals surface area contributed by atoms with E-state index in [2.05, 4.69) is 0 Å². The molecule has 5 nitrogen and oxygen atoms in total. The molecular formula is C11H19NO4. The maximum Gasteiger partial charge on any atom is 0.328 e. The summed E-state index contributed by atoms with van der Waals surface area (Å²) in [6.45, 7) is 0.917. The van der Waals surface area contributed by atoms with Gasteiger partial charge < -0.3 is 15.9 Å². The largest absolute Gasteiger partial charge is 0.478 e. The fourth-order valence-corrected chi connectivity index (χ4v) is 1.57. The van der Waals surface area contributed by atoms with Gasteiger partial charge in [-0.25, -0.2) is 9.59 Å². The van der Waals surface area contributed by atoms with E-state index in [1.54, 1.807) is 0 Å². The summed E-state index contributed by atoms with van der Waals surface area (Å²) < 4.78 is 0. The SMILES string of the molecule is NCC1CCCCC1.O=C(O)/C=C/C(=O)O. The average molecular weight is 229 g/mol. The lowest BCUT2D eigenvalue weighted by atomic mass is 9.90. The molecule has 0 saturated heterocycles. The molecule has 0 unspecified atom stereocenters. The van der Waals surface area contributed by atoms with Crippen LogP contribution < -0.4 is 5.73 Å². The summed E-state index contributed by atoms with van der Waals surface area (Å²) in [5.74, 6) is -1.65. The Labute approximate surface area is 95.0 Å². The van der Waals surface area contributed by atoms with Gasteiger partial charge in [-0.2, -0.15) is 0 Å². The van der Waals surface area contributed by atoms with Gasteiger partial charge in [0.25, 0.3) is 0 Å². The second-order valence-corrected chi connectivity index (χ2v) is 3.75. The first-order valence-electron chi connectivity index (χ1n) is 5.40. The molecule has 92 valence electrons. The van der Waals surface area contributed by atoms with E-state index >= 15 is 0 Å². The summed E-state index contributed by atoms with van der Waals surface area (Å²) in [5.41, 5.74) is 5.50. The van der Waals surface area contributed by atoms with E-state index in [9.17, 15) is 9.59 Å². The Morgan fingerprint density at radius 1 is 1.06 bits per heavy atom. The summed E-state index contributed by atoms with van der Waals surface area (Å²) in [6.07, 6.45) is 8.16. The van der Waals surface area contributed by atoms with Crippen LogP contribution >= 0.6 is 0 Å². The second kappa shape index (κ2) is 8.91. The van der Waals surface area contributed by atoms with Gasteiger partial charge in [0.05, 0.1) is 0 Å². The van der Waals surface area contributed by atoms with E-state index in [4.69, 9.17) is 15.9 Å². The normalized spacial score (nSPS) is 16.6. The number of carboxylic acids is 2. The molecule has 0 amide bonds. The van der Waals surface area contributed by atoms with Crippen LogP contribution in [0, 0.1) is 5.92 Å². The van der Waals surface area contributed by atoms with Crippen LogP contribution in [0.2, 0.25) is 0 Å². The highest BCUT2D eigenvalue weighted by Crippen LogP contribution is 2.21. The molecule has 0 aromatic heterocycles. The Balaban J connectivity index is 0.000000281. The van der Waals surface area contributed by atoms with Gasteiger partial charge in [0.1, 0.15) is 0 Å². The topological polar surface area (TPSA) is 101 Å². The van der Waals surface area contributed by atoms with Crippen molar-refractivity contribution >= 4 is 11.9 Å². The first-order chi connectivity index (χ1) is 7.56. The van der Waals surface area contributed by atoms with Gasteiger partial charge in [0, 0.05) is 12.2 Å². The molecule has 1 aliphatic rings. The molecule has 0 aliphatic heterocycles. The number of carboxylic acid groups (broad SMARTS) is 2. The molecule has 0 atom stereocenters. The Morgan fingerprint density at radius 2 is 1.50 bits per heavy atom. The molecule has 5 heteroatoms. The van der Waals surface area contributed by atoms with Crippen molar-refractivity contribution in [2.24, 2.45) is 11.7 Å². The summed E-state index contributed by atoms with van der Waals surface area (Å²) in [7, 11) is 0. The molecule has 0 radical (unpaired) electrons. The molecular weight excluding hydrogens is 210 g/mol. The van der Waals surface area contributed by atoms with Crippen molar-refractivity contribution in [3.8, 4) is 0 Å². The zero-order valence-corrected chi connectivity index (χ0v) is 9.26. The van der Waals surface area contributed by atoms with Crippen molar-refractivity contribution in [2.75, 3.05) is 6.54 Å². The van der Waals surface area contributed by atoms with Gasteiger partial charge in [-0.05, 0) is 25.3 Å². The number of hydrogen-bond acceptors (Lipinski definition) is 3. The van der Waals surface area contributed by atoms with Crippen molar-refractivity contribution in [3.05, 3.63) is 12.2 Å². The third kappa shape index (κ3) is 9.21. The predicted octanol–water partition coefficient (Wildman–Crippen LogP) is 1.24. The van der Waals surface area contributed by atoms with Crippen LogP contribution in [-0.4, -0.2) is 28.7 Å². The maximum absolute atomic E-state index is 9.55. The summed E-state index contributed by atoms with van der Waals surface area (Å²) >= 11 is 0. The maximum atomic E-state index is 9.55. The lowest BCUT2D eigenvalue weighted by Crippen LogP contribution is -2.16. The van der Waals surface area contributed by atoms with Crippen molar-refractivity contribution in [1.82, 2.24) is 0 Å². The van der Waals surface area contributed by atoms with E-state index in [0.29, 0.717) is 12.2 Å². The molecule has 0 spiro atoms. The van der Waals surface area contributed by atoms with Gasteiger partial charge >= 0.3 is 11.9 Å². The van der Waals surface area contributed by atoms with Crippen molar-refractivity contribution in [1.29, 1.82) is 0 Å². The number of hydrogen-bond donors (Lipinski definition) is 3. The number of aliphatic carboxylic acids is 2. The lowest BCUT2D eigenvalue weighted by molar-refractivity contribution is -0.134. The van der Waals surface area contributed by atoms with E-state index in [-0.39, 0.29) is 0 Å². The smallest absolute Gasteiger partial charge is 0.328 e. The van der Waals surface area contributed by atoms with E-state index in [1.807, 2.05) is 0 Å². The highest BCUT2D eigenvalue weighted by atomic mass is 16.4. The number of rotatable bonds is 3. The van der Waals surface area contributed by atoms with E-state index < -0.39 is 11.9 Å². The first kappa shape index (κ1) is 14.6. The van der Waals surface area contributed by atoms with Crippen molar-refractivity contribution < 1.29 is 19.8 Å². The average Bonchev–Trinajstić information content (AvgIpc) is 2.28. The number of nitrogens with two attached hydrogens (primary N) is 1. The molecule has 1 saturated carbocycles. The molecule has 1 fully saturated rings. The standard InChI is InChI=1S/C7H15N.C4H4O4/c8-6-7-4-2-1-3-5-7;5-3(6)1-2-4(7)8/h7H,1-6,8H2;1-2H,(H,5,6)(H,7,8)/b;2-1+. The van der Waals surface area contributed by atoms with Gasteiger partial charge in [-0.3, -0.25) is 0 Å². The number of carbonyl (C=O) groups is 2. The van der Waals surface area contributed by atoms with E-state index in [0.717, 1.165) is 12.5 Å². The Kier molecular flexibility index (Phi) is 8.15. The fourth-order valence-electron chi connectivity index (χ4n) is 1.57. The monoisotopic (exact) mass is 229 g/mol. The van der Waals surface area contributed by atoms with Gasteiger partial charge in [0.2, 0.25) is 0 Å². The van der Waals surface area contributed by atoms with Crippen LogP contribution in [0.25, 0.3) is 0 Å². The molecule has 16 heavy (non-hydrogen) atoms. The quantitative estimate of drug-likeness (QED) is 0.632. The molecule has 0 bridgehead atoms. The van der Waals surface area contributed by atoms with Gasteiger partial charge in [-0.1, -0.05) is 19.3 Å². The molecule has 1 aliphatic carbocycles. The zero-order valence-electron chi connectivity index (χ0n) is 9.26. The summed E-state index contributed by atoms with van der Waals surface area (Å²) in [5, 5.41) is 15.6. The Hall–Kier alpha value is -1.36. The van der Waals surface area contributed by atoms with Crippen LogP contribution in [0.4, 0.5) is 0 Å². The van der Waals surface area contributed by atoms with Crippen molar-refractivity contribution in [2.45, 2.75) is 32.1 Å². The van der Waals surface area contributed by atoms with Gasteiger partial charge in [0.15, 0.2) is 0 Å². The van der Waals surface area contributed by atoms with E-state index in [1.165, 1.54) is 32.1 Å². The summed E-state index contributed by atoms with van der Waals surface area (Å²) in [6, 6.07) is 0. The minimum Gasteiger partial charge on any atom is -0.478 e. The molecule has 0 aromatic carbocycles. The van der Waals surface area contributed by atoms with Gasteiger partial charge in [-0.15, -0.1) is 0 Å². The lowest BCUT2D eigenvalue weighted by Gasteiger charge is -2.18. The molecule has 0 heterocycles. The minimum absolute atomic E-state index is 0.558. The fraction of sp³-hybridized carbons (Fsp3) is 0.636.